The minimum atomic E-state index is -3.70. The van der Waals surface area contributed by atoms with Crippen LogP contribution in [0.15, 0.2) is 81.4 Å². The highest BCUT2D eigenvalue weighted by molar-refractivity contribution is 7.95. The van der Waals surface area contributed by atoms with Gasteiger partial charge in [0.05, 0.1) is 21.4 Å². The molecule has 1 N–H and O–H groups in total. The van der Waals surface area contributed by atoms with Crippen LogP contribution in [0.25, 0.3) is 22.0 Å². The van der Waals surface area contributed by atoms with Gasteiger partial charge >= 0.3 is 0 Å². The summed E-state index contributed by atoms with van der Waals surface area (Å²) in [5, 5.41) is 9.75. The molecule has 6 heteroatoms. The van der Waals surface area contributed by atoms with E-state index < -0.39 is 9.84 Å². The Morgan fingerprint density at radius 1 is 1.07 bits per heavy atom. The fraction of sp³-hybridized carbons (Fsp3) is 0.167. The molecule has 154 valence electrons. The summed E-state index contributed by atoms with van der Waals surface area (Å²) in [6, 6.07) is 15.0. The molecule has 1 aromatic heterocycles. The predicted octanol–water partition coefficient (Wildman–Crippen LogP) is 5.35. The second-order valence-electron chi connectivity index (χ2n) is 6.14. The van der Waals surface area contributed by atoms with Gasteiger partial charge in [-0.05, 0) is 61.4 Å². The van der Waals surface area contributed by atoms with Crippen LogP contribution in [0.2, 0.25) is 0 Å². The topological polar surface area (TPSA) is 90.8 Å². The largest absolute Gasteiger partial charge is 0.322 e. The van der Waals surface area contributed by atoms with E-state index in [4.69, 9.17) is 5.26 Å². The Kier molecular flexibility index (Phi) is 7.51. The van der Waals surface area contributed by atoms with Crippen molar-refractivity contribution in [2.45, 2.75) is 32.6 Å². The summed E-state index contributed by atoms with van der Waals surface area (Å²) in [6.45, 7) is 7.43. The molecule has 0 radical (unpaired) electrons. The van der Waals surface area contributed by atoms with Crippen LogP contribution in [0.3, 0.4) is 0 Å². The molecule has 3 rings (SSSR count). The number of sulfone groups is 1. The number of fused-ring (bicyclic) bond motifs is 1. The molecular formula is C24H24N2O3S. The first-order valence-electron chi connectivity index (χ1n) is 9.62. The van der Waals surface area contributed by atoms with Crippen LogP contribution in [-0.2, 0) is 9.84 Å². The summed E-state index contributed by atoms with van der Waals surface area (Å²) in [5.41, 5.74) is 1.92. The smallest absolute Gasteiger partial charge is 0.249 e. The normalized spacial score (nSPS) is 11.8. The van der Waals surface area contributed by atoms with E-state index in [-0.39, 0.29) is 15.4 Å². The third kappa shape index (κ3) is 4.58. The van der Waals surface area contributed by atoms with Gasteiger partial charge in [0, 0.05) is 17.0 Å². The number of hydrogen-bond donors (Lipinski definition) is 1. The summed E-state index contributed by atoms with van der Waals surface area (Å²) < 4.78 is 26.0. The van der Waals surface area contributed by atoms with Gasteiger partial charge in [-0.15, -0.1) is 0 Å². The maximum Gasteiger partial charge on any atom is 0.249 e. The number of nitrogens with one attached hydrogen (secondary N) is 1. The third-order valence-electron chi connectivity index (χ3n) is 4.35. The SMILES string of the molecule is C/C=C\C(=C/C)S(=O)(=O)c1ccc2[nH]c(=O)cc(-c3cccc(C#N)c3)c2c1.CC. The second kappa shape index (κ2) is 9.86. The summed E-state index contributed by atoms with van der Waals surface area (Å²) in [4.78, 5) is 15.2. The summed E-state index contributed by atoms with van der Waals surface area (Å²) >= 11 is 0. The van der Waals surface area contributed by atoms with Gasteiger partial charge in [0.2, 0.25) is 15.4 Å². The van der Waals surface area contributed by atoms with Gasteiger partial charge in [0.15, 0.2) is 0 Å². The van der Waals surface area contributed by atoms with E-state index in [1.165, 1.54) is 12.1 Å². The average molecular weight is 421 g/mol. The minimum Gasteiger partial charge on any atom is -0.322 e. The molecule has 0 spiro atoms. The van der Waals surface area contributed by atoms with Crippen molar-refractivity contribution in [1.82, 2.24) is 4.98 Å². The molecule has 3 aromatic rings. The van der Waals surface area contributed by atoms with Crippen molar-refractivity contribution in [3.05, 3.63) is 87.6 Å². The summed E-state index contributed by atoms with van der Waals surface area (Å²) in [5.74, 6) is 0. The Morgan fingerprint density at radius 3 is 2.43 bits per heavy atom. The highest BCUT2D eigenvalue weighted by Crippen LogP contribution is 2.30. The van der Waals surface area contributed by atoms with Crippen LogP contribution < -0.4 is 5.56 Å². The van der Waals surface area contributed by atoms with Crippen LogP contribution in [0.1, 0.15) is 33.3 Å². The maximum atomic E-state index is 13.0. The van der Waals surface area contributed by atoms with E-state index in [0.717, 1.165) is 0 Å². The fourth-order valence-electron chi connectivity index (χ4n) is 3.04. The lowest BCUT2D eigenvalue weighted by Crippen LogP contribution is -2.07. The number of rotatable bonds is 4. The van der Waals surface area contributed by atoms with E-state index >= 15 is 0 Å². The zero-order chi connectivity index (χ0) is 22.3. The summed E-state index contributed by atoms with van der Waals surface area (Å²) in [7, 11) is -3.70. The molecule has 0 saturated carbocycles. The molecule has 0 amide bonds. The molecule has 30 heavy (non-hydrogen) atoms. The van der Waals surface area contributed by atoms with Crippen molar-refractivity contribution in [2.24, 2.45) is 0 Å². The Morgan fingerprint density at radius 2 is 1.80 bits per heavy atom. The van der Waals surface area contributed by atoms with E-state index in [9.17, 15) is 13.2 Å². The Bertz CT molecular complexity index is 1320. The number of H-pyrrole nitrogens is 1. The van der Waals surface area contributed by atoms with Crippen molar-refractivity contribution < 1.29 is 8.42 Å². The van der Waals surface area contributed by atoms with E-state index in [1.807, 2.05) is 13.8 Å². The molecule has 0 aliphatic carbocycles. The molecule has 1 heterocycles. The monoisotopic (exact) mass is 420 g/mol. The third-order valence-corrected chi connectivity index (χ3v) is 6.22. The average Bonchev–Trinajstić information content (AvgIpc) is 2.77. The van der Waals surface area contributed by atoms with Gasteiger partial charge in [-0.3, -0.25) is 4.79 Å². The zero-order valence-electron chi connectivity index (χ0n) is 17.4. The Hall–Kier alpha value is -3.43. The van der Waals surface area contributed by atoms with Crippen molar-refractivity contribution >= 4 is 20.7 Å². The molecule has 0 aliphatic heterocycles. The minimum absolute atomic E-state index is 0.135. The molecule has 0 atom stereocenters. The first-order valence-corrected chi connectivity index (χ1v) is 11.1. The van der Waals surface area contributed by atoms with Crippen LogP contribution in [-0.4, -0.2) is 13.4 Å². The molecule has 5 nitrogen and oxygen atoms in total. The lowest BCUT2D eigenvalue weighted by molar-refractivity contribution is 0.603. The van der Waals surface area contributed by atoms with E-state index in [1.54, 1.807) is 68.5 Å². The van der Waals surface area contributed by atoms with Crippen molar-refractivity contribution in [3.63, 3.8) is 0 Å². The Balaban J connectivity index is 0.00000155. The lowest BCUT2D eigenvalue weighted by atomic mass is 10.00. The number of nitriles is 1. The molecule has 0 fully saturated rings. The molecule has 0 unspecified atom stereocenters. The lowest BCUT2D eigenvalue weighted by Gasteiger charge is -2.10. The number of nitrogens with zero attached hydrogens (tertiary/aromatic N) is 1. The molecule has 0 saturated heterocycles. The number of hydrogen-bond acceptors (Lipinski definition) is 4. The quantitative estimate of drug-likeness (QED) is 0.576. The zero-order valence-corrected chi connectivity index (χ0v) is 18.2. The van der Waals surface area contributed by atoms with Gasteiger partial charge in [0.1, 0.15) is 0 Å². The summed E-state index contributed by atoms with van der Waals surface area (Å²) in [6.07, 6.45) is 4.76. The van der Waals surface area contributed by atoms with Gasteiger partial charge in [0.25, 0.3) is 0 Å². The van der Waals surface area contributed by atoms with Crippen molar-refractivity contribution in [1.29, 1.82) is 5.26 Å². The first kappa shape index (κ1) is 22.9. The van der Waals surface area contributed by atoms with Gasteiger partial charge in [-0.2, -0.15) is 5.26 Å². The maximum absolute atomic E-state index is 13.0. The van der Waals surface area contributed by atoms with Gasteiger partial charge in [-0.25, -0.2) is 8.42 Å². The fourth-order valence-corrected chi connectivity index (χ4v) is 4.45. The Labute approximate surface area is 176 Å². The van der Waals surface area contributed by atoms with Crippen LogP contribution >= 0.6 is 0 Å². The standard InChI is InChI=1S/C22H18N2O3S.C2H6/c1-3-6-17(4-2)28(26,27)18-9-10-21-20(12-18)19(13-22(25)24-21)16-8-5-7-15(11-16)14-23;1-2/h3-13H,1-2H3,(H,24,25);1-2H3/b6-3-,17-4+;. The van der Waals surface area contributed by atoms with Crippen LogP contribution in [0.4, 0.5) is 0 Å². The number of aromatic nitrogens is 1. The molecule has 0 aliphatic rings. The molecular weight excluding hydrogens is 396 g/mol. The number of benzene rings is 2. The highest BCUT2D eigenvalue weighted by atomic mass is 32.2. The van der Waals surface area contributed by atoms with E-state index in [2.05, 4.69) is 11.1 Å². The van der Waals surface area contributed by atoms with E-state index in [0.29, 0.717) is 27.6 Å². The molecule has 2 aromatic carbocycles. The highest BCUT2D eigenvalue weighted by Gasteiger charge is 2.19. The first-order chi connectivity index (χ1) is 14.4. The number of pyridine rings is 1. The second-order valence-corrected chi connectivity index (χ2v) is 8.09. The van der Waals surface area contributed by atoms with Gasteiger partial charge < -0.3 is 4.98 Å². The van der Waals surface area contributed by atoms with Crippen molar-refractivity contribution in [2.75, 3.05) is 0 Å². The number of aromatic amines is 1. The van der Waals surface area contributed by atoms with Crippen LogP contribution in [0, 0.1) is 11.3 Å². The number of allylic oxidation sites excluding steroid dienone is 3. The van der Waals surface area contributed by atoms with Gasteiger partial charge in [-0.1, -0.05) is 38.1 Å². The predicted molar refractivity (Wildman–Crippen MR) is 122 cm³/mol. The van der Waals surface area contributed by atoms with Crippen LogP contribution in [0.5, 0.6) is 0 Å². The molecule has 0 bridgehead atoms. The van der Waals surface area contributed by atoms with Crippen molar-refractivity contribution in [3.8, 4) is 17.2 Å².